The van der Waals surface area contributed by atoms with Crippen molar-refractivity contribution in [1.82, 2.24) is 4.90 Å². The van der Waals surface area contributed by atoms with Crippen LogP contribution in [0.25, 0.3) is 0 Å². The van der Waals surface area contributed by atoms with Crippen LogP contribution >= 0.6 is 0 Å². The third-order valence-electron chi connectivity index (χ3n) is 4.90. The average Bonchev–Trinajstić information content (AvgIpc) is 2.34. The van der Waals surface area contributed by atoms with Crippen LogP contribution in [0.4, 0.5) is 0 Å². The van der Waals surface area contributed by atoms with Crippen LogP contribution in [-0.4, -0.2) is 23.3 Å². The second-order valence-electron chi connectivity index (χ2n) is 6.43. The van der Waals surface area contributed by atoms with Gasteiger partial charge in [0, 0.05) is 18.5 Å². The number of nitrogens with one attached hydrogen (secondary N) is 1. The van der Waals surface area contributed by atoms with E-state index in [0.29, 0.717) is 12.0 Å². The second-order valence-corrected chi connectivity index (χ2v) is 6.43. The van der Waals surface area contributed by atoms with Crippen LogP contribution in [0.2, 0.25) is 0 Å². The van der Waals surface area contributed by atoms with Gasteiger partial charge in [-0.05, 0) is 38.0 Å². The second kappa shape index (κ2) is 5.41. The minimum absolute atomic E-state index is 0.559. The first-order valence-electron chi connectivity index (χ1n) is 7.44. The van der Waals surface area contributed by atoms with Gasteiger partial charge in [0.25, 0.3) is 0 Å². The van der Waals surface area contributed by atoms with Crippen molar-refractivity contribution in [1.29, 1.82) is 5.41 Å². The van der Waals surface area contributed by atoms with Crippen LogP contribution in [0.3, 0.4) is 0 Å². The van der Waals surface area contributed by atoms with E-state index in [1.54, 1.807) is 0 Å². The highest BCUT2D eigenvalue weighted by Crippen LogP contribution is 2.32. The van der Waals surface area contributed by atoms with E-state index in [1.807, 2.05) is 0 Å². The summed E-state index contributed by atoms with van der Waals surface area (Å²) in [4.78, 5) is 2.41. The predicted octanol–water partition coefficient (Wildman–Crippen LogP) is 3.91. The van der Waals surface area contributed by atoms with Gasteiger partial charge in [-0.15, -0.1) is 0 Å². The average molecular weight is 236 g/mol. The topological polar surface area (TPSA) is 27.1 Å². The summed E-state index contributed by atoms with van der Waals surface area (Å²) < 4.78 is 0. The van der Waals surface area contributed by atoms with E-state index in [0.717, 1.165) is 24.2 Å². The zero-order valence-electron chi connectivity index (χ0n) is 11.7. The summed E-state index contributed by atoms with van der Waals surface area (Å²) in [5.41, 5.74) is 0. The number of hydrogen-bond acceptors (Lipinski definition) is 1. The highest BCUT2D eigenvalue weighted by Gasteiger charge is 2.33. The Morgan fingerprint density at radius 2 is 1.71 bits per heavy atom. The summed E-state index contributed by atoms with van der Waals surface area (Å²) in [6, 6.07) is 0.570. The summed E-state index contributed by atoms with van der Waals surface area (Å²) in [6.45, 7) is 8.11. The Morgan fingerprint density at radius 1 is 1.06 bits per heavy atom. The number of likely N-dealkylation sites (tertiary alicyclic amines) is 1. The summed E-state index contributed by atoms with van der Waals surface area (Å²) in [5.74, 6) is 3.01. The fraction of sp³-hybridized carbons (Fsp3) is 0.933. The minimum Gasteiger partial charge on any atom is -0.357 e. The number of rotatable bonds is 1. The molecule has 2 rings (SSSR count). The van der Waals surface area contributed by atoms with E-state index in [-0.39, 0.29) is 0 Å². The van der Waals surface area contributed by atoms with E-state index in [9.17, 15) is 0 Å². The van der Waals surface area contributed by atoms with Crippen LogP contribution in [0.15, 0.2) is 0 Å². The number of hydrogen-bond donors (Lipinski definition) is 1. The van der Waals surface area contributed by atoms with Gasteiger partial charge < -0.3 is 4.90 Å². The van der Waals surface area contributed by atoms with E-state index in [1.165, 1.54) is 38.5 Å². The monoisotopic (exact) mass is 236 g/mol. The van der Waals surface area contributed by atoms with E-state index < -0.39 is 0 Å². The molecule has 0 spiro atoms. The zero-order valence-corrected chi connectivity index (χ0v) is 11.7. The number of amidine groups is 1. The molecular weight excluding hydrogens is 208 g/mol. The first kappa shape index (κ1) is 12.9. The maximum atomic E-state index is 8.51. The largest absolute Gasteiger partial charge is 0.357 e. The maximum Gasteiger partial charge on any atom is 0.0992 e. The molecule has 2 fully saturated rings. The molecule has 0 amide bonds. The normalized spacial score (nSPS) is 35.9. The van der Waals surface area contributed by atoms with Gasteiger partial charge in [-0.1, -0.05) is 33.1 Å². The van der Waals surface area contributed by atoms with Crippen molar-refractivity contribution >= 4 is 5.84 Å². The lowest BCUT2D eigenvalue weighted by atomic mass is 9.82. The number of nitrogens with zero attached hydrogens (tertiary/aromatic N) is 1. The molecule has 2 heteroatoms. The van der Waals surface area contributed by atoms with Crippen molar-refractivity contribution in [2.45, 2.75) is 65.3 Å². The van der Waals surface area contributed by atoms with Gasteiger partial charge in [0.15, 0.2) is 0 Å². The molecule has 1 aliphatic heterocycles. The highest BCUT2D eigenvalue weighted by molar-refractivity contribution is 5.82. The van der Waals surface area contributed by atoms with Crippen molar-refractivity contribution in [2.24, 2.45) is 17.8 Å². The van der Waals surface area contributed by atoms with Crippen LogP contribution in [0, 0.1) is 23.2 Å². The van der Waals surface area contributed by atoms with Crippen molar-refractivity contribution in [2.75, 3.05) is 6.54 Å². The lowest BCUT2D eigenvalue weighted by Crippen LogP contribution is -2.50. The third kappa shape index (κ3) is 2.83. The van der Waals surface area contributed by atoms with Crippen molar-refractivity contribution < 1.29 is 0 Å². The molecule has 0 aromatic carbocycles. The molecule has 3 atom stereocenters. The third-order valence-corrected chi connectivity index (χ3v) is 4.90. The van der Waals surface area contributed by atoms with Crippen LogP contribution in [0.1, 0.15) is 59.3 Å². The number of piperidine rings is 1. The van der Waals surface area contributed by atoms with E-state index in [4.69, 9.17) is 5.41 Å². The molecule has 2 aliphatic rings. The summed E-state index contributed by atoms with van der Waals surface area (Å²) in [5, 5.41) is 8.51. The van der Waals surface area contributed by atoms with E-state index in [2.05, 4.69) is 25.7 Å². The summed E-state index contributed by atoms with van der Waals surface area (Å²) in [7, 11) is 0. The molecular formula is C15H28N2. The Morgan fingerprint density at radius 3 is 2.35 bits per heavy atom. The van der Waals surface area contributed by atoms with Gasteiger partial charge >= 0.3 is 0 Å². The molecule has 98 valence electrons. The van der Waals surface area contributed by atoms with Gasteiger partial charge in [0.05, 0.1) is 5.84 Å². The van der Waals surface area contributed by atoms with Gasteiger partial charge in [0.2, 0.25) is 0 Å². The van der Waals surface area contributed by atoms with Crippen LogP contribution in [0.5, 0.6) is 0 Å². The van der Waals surface area contributed by atoms with Gasteiger partial charge in [-0.2, -0.15) is 0 Å². The molecule has 17 heavy (non-hydrogen) atoms. The van der Waals surface area contributed by atoms with Gasteiger partial charge in [-0.3, -0.25) is 5.41 Å². The Balaban J connectivity index is 2.01. The molecule has 1 heterocycles. The van der Waals surface area contributed by atoms with E-state index >= 15 is 0 Å². The molecule has 0 aromatic heterocycles. The van der Waals surface area contributed by atoms with Gasteiger partial charge in [0.1, 0.15) is 0 Å². The molecule has 3 unspecified atom stereocenters. The maximum absolute atomic E-state index is 8.51. The standard InChI is InChI=1S/C15H28N2/c1-11-9-12(2)13(3)17(10-11)15(16)14-7-5-4-6-8-14/h11-14,16H,4-10H2,1-3H3. The molecule has 0 bridgehead atoms. The molecule has 1 saturated heterocycles. The van der Waals surface area contributed by atoms with Gasteiger partial charge in [-0.25, -0.2) is 0 Å². The first-order chi connectivity index (χ1) is 8.09. The molecule has 0 radical (unpaired) electrons. The van der Waals surface area contributed by atoms with Crippen LogP contribution in [-0.2, 0) is 0 Å². The molecule has 1 aliphatic carbocycles. The molecule has 2 nitrogen and oxygen atoms in total. The fourth-order valence-electron chi connectivity index (χ4n) is 3.64. The molecule has 1 saturated carbocycles. The Bertz CT molecular complexity index is 268. The first-order valence-corrected chi connectivity index (χ1v) is 7.44. The lowest BCUT2D eigenvalue weighted by Gasteiger charge is -2.44. The summed E-state index contributed by atoms with van der Waals surface area (Å²) >= 11 is 0. The smallest absolute Gasteiger partial charge is 0.0992 e. The minimum atomic E-state index is 0.559. The Hall–Kier alpha value is -0.530. The molecule has 0 aromatic rings. The van der Waals surface area contributed by atoms with Crippen molar-refractivity contribution in [3.63, 3.8) is 0 Å². The Kier molecular flexibility index (Phi) is 4.11. The quantitative estimate of drug-likeness (QED) is 0.542. The SMILES string of the molecule is CC1CC(C)C(C)N(C(=N)C2CCCCC2)C1. The highest BCUT2D eigenvalue weighted by atomic mass is 15.2. The summed E-state index contributed by atoms with van der Waals surface area (Å²) in [6.07, 6.45) is 7.89. The fourth-order valence-corrected chi connectivity index (χ4v) is 3.64. The lowest BCUT2D eigenvalue weighted by molar-refractivity contribution is 0.137. The van der Waals surface area contributed by atoms with Crippen molar-refractivity contribution in [3.05, 3.63) is 0 Å². The predicted molar refractivity (Wildman–Crippen MR) is 73.4 cm³/mol. The van der Waals surface area contributed by atoms with Crippen molar-refractivity contribution in [3.8, 4) is 0 Å². The molecule has 1 N–H and O–H groups in total. The van der Waals surface area contributed by atoms with Crippen LogP contribution < -0.4 is 0 Å². The zero-order chi connectivity index (χ0) is 12.4. The Labute approximate surface area is 106 Å².